The first kappa shape index (κ1) is 7.03. The molecule has 0 radical (unpaired) electrons. The molecule has 1 aromatic heterocycles. The Hall–Kier alpha value is -1.64. The number of benzene rings is 1. The third-order valence-corrected chi connectivity index (χ3v) is 1.74. The molecule has 62 valence electrons. The van der Waals surface area contributed by atoms with Crippen LogP contribution >= 0.6 is 0 Å². The molecule has 0 saturated heterocycles. The zero-order valence-corrected chi connectivity index (χ0v) is 6.57. The Morgan fingerprint density at radius 3 is 3.00 bits per heavy atom. The molecule has 1 heterocycles. The number of hydrogen-bond acceptors (Lipinski definition) is 3. The second-order valence-electron chi connectivity index (χ2n) is 2.48. The van der Waals surface area contributed by atoms with Gasteiger partial charge in [0.25, 0.3) is 0 Å². The van der Waals surface area contributed by atoms with Crippen LogP contribution in [0, 0.1) is 0 Å². The van der Waals surface area contributed by atoms with Crippen LogP contribution in [0.4, 0.5) is 0 Å². The molecular formula is C9H8O3. The lowest BCUT2D eigenvalue weighted by Gasteiger charge is -1.94. The van der Waals surface area contributed by atoms with Crippen molar-refractivity contribution in [3.63, 3.8) is 0 Å². The molecule has 2 aromatic rings. The molecular weight excluding hydrogens is 156 g/mol. The molecule has 0 spiro atoms. The van der Waals surface area contributed by atoms with Gasteiger partial charge < -0.3 is 14.3 Å². The van der Waals surface area contributed by atoms with Gasteiger partial charge in [-0.1, -0.05) is 0 Å². The highest BCUT2D eigenvalue weighted by Crippen LogP contribution is 2.30. The van der Waals surface area contributed by atoms with E-state index in [0.717, 1.165) is 5.39 Å². The van der Waals surface area contributed by atoms with E-state index < -0.39 is 0 Å². The van der Waals surface area contributed by atoms with Gasteiger partial charge in [-0.25, -0.2) is 0 Å². The Morgan fingerprint density at radius 2 is 2.25 bits per heavy atom. The minimum atomic E-state index is 0.210. The number of furan rings is 1. The van der Waals surface area contributed by atoms with Crippen LogP contribution in [-0.4, -0.2) is 12.2 Å². The van der Waals surface area contributed by atoms with Crippen molar-refractivity contribution in [2.24, 2.45) is 0 Å². The summed E-state index contributed by atoms with van der Waals surface area (Å²) in [6.45, 7) is 0. The zero-order valence-electron chi connectivity index (χ0n) is 6.57. The maximum atomic E-state index is 9.17. The topological polar surface area (TPSA) is 42.6 Å². The SMILES string of the molecule is COc1coc2ccc(O)cc12. The fourth-order valence-electron chi connectivity index (χ4n) is 1.15. The molecule has 2 rings (SSSR count). The first-order chi connectivity index (χ1) is 5.81. The standard InChI is InChI=1S/C9H8O3/c1-11-9-5-12-8-3-2-6(10)4-7(8)9/h2-5,10H,1H3. The summed E-state index contributed by atoms with van der Waals surface area (Å²) in [4.78, 5) is 0. The molecule has 0 fully saturated rings. The number of ether oxygens (including phenoxy) is 1. The van der Waals surface area contributed by atoms with Crippen LogP contribution in [0.25, 0.3) is 11.0 Å². The number of phenolic OH excluding ortho intramolecular Hbond substituents is 1. The fraction of sp³-hybridized carbons (Fsp3) is 0.111. The van der Waals surface area contributed by atoms with E-state index in [2.05, 4.69) is 0 Å². The van der Waals surface area contributed by atoms with Gasteiger partial charge in [-0.15, -0.1) is 0 Å². The molecule has 0 saturated carbocycles. The van der Waals surface area contributed by atoms with Gasteiger partial charge in [-0.3, -0.25) is 0 Å². The van der Waals surface area contributed by atoms with Crippen molar-refractivity contribution in [2.75, 3.05) is 7.11 Å². The largest absolute Gasteiger partial charge is 0.508 e. The Labute approximate surface area is 69.2 Å². The maximum Gasteiger partial charge on any atom is 0.164 e. The molecule has 0 unspecified atom stereocenters. The van der Waals surface area contributed by atoms with Crippen molar-refractivity contribution in [2.45, 2.75) is 0 Å². The van der Waals surface area contributed by atoms with E-state index in [9.17, 15) is 5.11 Å². The number of phenols is 1. The highest BCUT2D eigenvalue weighted by atomic mass is 16.5. The van der Waals surface area contributed by atoms with Crippen molar-refractivity contribution < 1.29 is 14.3 Å². The number of aromatic hydroxyl groups is 1. The van der Waals surface area contributed by atoms with Gasteiger partial charge in [0, 0.05) is 0 Å². The third-order valence-electron chi connectivity index (χ3n) is 1.74. The van der Waals surface area contributed by atoms with Gasteiger partial charge in [0.1, 0.15) is 17.6 Å². The minimum absolute atomic E-state index is 0.210. The average Bonchev–Trinajstić information content (AvgIpc) is 2.46. The van der Waals surface area contributed by atoms with Gasteiger partial charge in [0.05, 0.1) is 12.5 Å². The molecule has 0 amide bonds. The highest BCUT2D eigenvalue weighted by Gasteiger charge is 2.05. The molecule has 0 aliphatic rings. The summed E-state index contributed by atoms with van der Waals surface area (Å²) in [6, 6.07) is 4.89. The van der Waals surface area contributed by atoms with Crippen LogP contribution < -0.4 is 4.74 Å². The van der Waals surface area contributed by atoms with Gasteiger partial charge in [-0.05, 0) is 18.2 Å². The van der Waals surface area contributed by atoms with Crippen LogP contribution in [0.3, 0.4) is 0 Å². The molecule has 3 heteroatoms. The number of methoxy groups -OCH3 is 1. The Bertz CT molecular complexity index is 403. The van der Waals surface area contributed by atoms with Crippen molar-refractivity contribution in [1.29, 1.82) is 0 Å². The minimum Gasteiger partial charge on any atom is -0.508 e. The lowest BCUT2D eigenvalue weighted by atomic mass is 10.2. The number of rotatable bonds is 1. The number of fused-ring (bicyclic) bond motifs is 1. The van der Waals surface area contributed by atoms with Crippen LogP contribution in [0.5, 0.6) is 11.5 Å². The van der Waals surface area contributed by atoms with Crippen molar-refractivity contribution in [3.05, 3.63) is 24.5 Å². The normalized spacial score (nSPS) is 10.4. The van der Waals surface area contributed by atoms with Gasteiger partial charge in [-0.2, -0.15) is 0 Å². The predicted molar refractivity (Wildman–Crippen MR) is 44.4 cm³/mol. The maximum absolute atomic E-state index is 9.17. The van der Waals surface area contributed by atoms with Crippen LogP contribution in [0.2, 0.25) is 0 Å². The van der Waals surface area contributed by atoms with Crippen molar-refractivity contribution >= 4 is 11.0 Å². The summed E-state index contributed by atoms with van der Waals surface area (Å²) in [5, 5.41) is 9.96. The second-order valence-corrected chi connectivity index (χ2v) is 2.48. The summed E-state index contributed by atoms with van der Waals surface area (Å²) >= 11 is 0. The quantitative estimate of drug-likeness (QED) is 0.702. The van der Waals surface area contributed by atoms with E-state index in [-0.39, 0.29) is 5.75 Å². The molecule has 12 heavy (non-hydrogen) atoms. The molecule has 1 aromatic carbocycles. The first-order valence-electron chi connectivity index (χ1n) is 3.55. The molecule has 0 aliphatic heterocycles. The van der Waals surface area contributed by atoms with E-state index in [1.807, 2.05) is 0 Å². The zero-order chi connectivity index (χ0) is 8.55. The number of hydrogen-bond donors (Lipinski definition) is 1. The van der Waals surface area contributed by atoms with Gasteiger partial charge >= 0.3 is 0 Å². The molecule has 0 bridgehead atoms. The van der Waals surface area contributed by atoms with Crippen LogP contribution in [0.1, 0.15) is 0 Å². The predicted octanol–water partition coefficient (Wildman–Crippen LogP) is 2.15. The van der Waals surface area contributed by atoms with E-state index in [1.165, 1.54) is 6.26 Å². The molecule has 3 nitrogen and oxygen atoms in total. The van der Waals surface area contributed by atoms with Crippen LogP contribution in [-0.2, 0) is 0 Å². The summed E-state index contributed by atoms with van der Waals surface area (Å²) in [5.41, 5.74) is 0.713. The fourth-order valence-corrected chi connectivity index (χ4v) is 1.15. The average molecular weight is 164 g/mol. The summed E-state index contributed by atoms with van der Waals surface area (Å²) in [5.74, 6) is 0.850. The van der Waals surface area contributed by atoms with Crippen molar-refractivity contribution in [3.8, 4) is 11.5 Å². The first-order valence-corrected chi connectivity index (χ1v) is 3.55. The summed E-state index contributed by atoms with van der Waals surface area (Å²) in [7, 11) is 1.56. The molecule has 0 aliphatic carbocycles. The lowest BCUT2D eigenvalue weighted by molar-refractivity contribution is 0.410. The van der Waals surface area contributed by atoms with E-state index in [4.69, 9.17) is 9.15 Å². The smallest absolute Gasteiger partial charge is 0.164 e. The van der Waals surface area contributed by atoms with Gasteiger partial charge in [0.2, 0.25) is 0 Å². The van der Waals surface area contributed by atoms with Crippen LogP contribution in [0.15, 0.2) is 28.9 Å². The highest BCUT2D eigenvalue weighted by molar-refractivity contribution is 5.85. The Kier molecular flexibility index (Phi) is 1.43. The third kappa shape index (κ3) is 0.906. The lowest BCUT2D eigenvalue weighted by Crippen LogP contribution is -1.78. The monoisotopic (exact) mass is 164 g/mol. The molecule has 0 atom stereocenters. The van der Waals surface area contributed by atoms with Gasteiger partial charge in [0.15, 0.2) is 5.75 Å². The Balaban J connectivity index is 2.75. The summed E-state index contributed by atoms with van der Waals surface area (Å²) < 4.78 is 10.2. The Morgan fingerprint density at radius 1 is 1.42 bits per heavy atom. The van der Waals surface area contributed by atoms with E-state index in [1.54, 1.807) is 25.3 Å². The second kappa shape index (κ2) is 2.44. The van der Waals surface area contributed by atoms with E-state index in [0.29, 0.717) is 11.3 Å². The van der Waals surface area contributed by atoms with E-state index >= 15 is 0 Å². The summed E-state index contributed by atoms with van der Waals surface area (Å²) in [6.07, 6.45) is 1.52. The van der Waals surface area contributed by atoms with Crippen molar-refractivity contribution in [1.82, 2.24) is 0 Å². The molecule has 1 N–H and O–H groups in total.